The molecule has 11 nitrogen and oxygen atoms in total. The van der Waals surface area contributed by atoms with E-state index in [-0.39, 0.29) is 51.9 Å². The third kappa shape index (κ3) is 4.12. The SMILES string of the molecule is CS(=O)(=O)Nc1ccc2c(c1)S(=O)(=O)N=C(C1=C(O)C3C4CCC(C4)N3N(Cc3ccc(F)cc3)C1=O)N2. The topological polar surface area (TPSA) is 148 Å². The highest BCUT2D eigenvalue weighted by Gasteiger charge is 2.56. The second-order valence-corrected chi connectivity index (χ2v) is 13.2. The lowest BCUT2D eigenvalue weighted by Gasteiger charge is -2.46. The zero-order chi connectivity index (χ0) is 27.0. The molecule has 200 valence electrons. The second-order valence-electron chi connectivity index (χ2n) is 9.93. The quantitative estimate of drug-likeness (QED) is 0.504. The molecule has 14 heteroatoms. The van der Waals surface area contributed by atoms with Crippen LogP contribution in [-0.2, 0) is 31.4 Å². The van der Waals surface area contributed by atoms with E-state index in [1.807, 2.05) is 5.01 Å². The average Bonchev–Trinajstić information content (AvgIpc) is 3.45. The van der Waals surface area contributed by atoms with Crippen LogP contribution in [0.3, 0.4) is 0 Å². The van der Waals surface area contributed by atoms with Crippen LogP contribution in [0.1, 0.15) is 24.8 Å². The van der Waals surface area contributed by atoms with Crippen molar-refractivity contribution in [3.05, 3.63) is 65.2 Å². The number of anilines is 2. The molecule has 1 amide bonds. The number of nitrogens with zero attached hydrogens (tertiary/aromatic N) is 3. The van der Waals surface area contributed by atoms with Crippen molar-refractivity contribution in [3.63, 3.8) is 0 Å². The Labute approximate surface area is 218 Å². The fourth-order valence-electron chi connectivity index (χ4n) is 5.83. The van der Waals surface area contributed by atoms with Gasteiger partial charge in [-0.25, -0.2) is 17.8 Å². The average molecular weight is 562 g/mol. The zero-order valence-corrected chi connectivity index (χ0v) is 21.8. The van der Waals surface area contributed by atoms with Gasteiger partial charge in [0.25, 0.3) is 15.9 Å². The molecule has 2 fully saturated rings. The molecule has 0 radical (unpaired) electrons. The van der Waals surface area contributed by atoms with Gasteiger partial charge in [-0.05, 0) is 61.1 Å². The number of aliphatic hydroxyl groups is 1. The molecule has 1 saturated heterocycles. The monoisotopic (exact) mass is 561 g/mol. The van der Waals surface area contributed by atoms with Crippen LogP contribution in [0.5, 0.6) is 0 Å². The summed E-state index contributed by atoms with van der Waals surface area (Å²) < 4.78 is 69.0. The molecule has 3 atom stereocenters. The number of carbonyl (C=O) groups excluding carboxylic acids is 1. The molecule has 0 spiro atoms. The van der Waals surface area contributed by atoms with Crippen molar-refractivity contribution in [1.82, 2.24) is 10.0 Å². The molecule has 0 aromatic heterocycles. The number of fused-ring (bicyclic) bond motifs is 6. The van der Waals surface area contributed by atoms with Gasteiger partial charge in [0.1, 0.15) is 22.0 Å². The lowest BCUT2D eigenvalue weighted by Crippen LogP contribution is -2.59. The van der Waals surface area contributed by atoms with E-state index in [9.17, 15) is 31.1 Å². The fourth-order valence-corrected chi connectivity index (χ4v) is 7.54. The van der Waals surface area contributed by atoms with Crippen LogP contribution in [0.2, 0.25) is 0 Å². The first-order chi connectivity index (χ1) is 17.9. The standard InChI is InChI=1S/C24H24FN5O6S2/c1-37(33,34)27-16-7-9-18-19(11-16)38(35,36)28-23(26-18)20-22(31)21-14-4-8-17(10-14)30(21)29(24(20)32)12-13-2-5-15(25)6-3-13/h2-3,5-7,9,11,14,17,21,27,31H,4,8,10,12H2,1H3,(H,26,28). The minimum absolute atomic E-state index is 0.0363. The van der Waals surface area contributed by atoms with Gasteiger partial charge in [0.2, 0.25) is 10.0 Å². The number of halogens is 1. The van der Waals surface area contributed by atoms with E-state index in [2.05, 4.69) is 14.4 Å². The van der Waals surface area contributed by atoms with Gasteiger partial charge in [0, 0.05) is 11.7 Å². The van der Waals surface area contributed by atoms with Gasteiger partial charge in [0.15, 0.2) is 5.84 Å². The number of piperidine rings is 1. The zero-order valence-electron chi connectivity index (χ0n) is 20.1. The Bertz CT molecular complexity index is 1640. The molecule has 1 saturated carbocycles. The number of aliphatic hydroxyl groups excluding tert-OH is 1. The summed E-state index contributed by atoms with van der Waals surface area (Å²) >= 11 is 0. The van der Waals surface area contributed by atoms with Crippen LogP contribution in [0.4, 0.5) is 15.8 Å². The highest BCUT2D eigenvalue weighted by molar-refractivity contribution is 7.92. The third-order valence-electron chi connectivity index (χ3n) is 7.32. The van der Waals surface area contributed by atoms with Crippen molar-refractivity contribution in [2.24, 2.45) is 10.3 Å². The summed E-state index contributed by atoms with van der Waals surface area (Å²) in [5.74, 6) is -1.50. The molecule has 2 bridgehead atoms. The first kappa shape index (κ1) is 24.8. The van der Waals surface area contributed by atoms with E-state index in [1.165, 1.54) is 29.3 Å². The number of sulfonamides is 2. The van der Waals surface area contributed by atoms with Crippen molar-refractivity contribution < 1.29 is 31.1 Å². The fraction of sp³-hybridized carbons (Fsp3) is 0.333. The third-order valence-corrected chi connectivity index (χ3v) is 9.25. The van der Waals surface area contributed by atoms with Crippen molar-refractivity contribution in [2.75, 3.05) is 16.3 Å². The Morgan fingerprint density at radius 1 is 1.18 bits per heavy atom. The molecule has 2 aromatic carbocycles. The summed E-state index contributed by atoms with van der Waals surface area (Å²) in [6, 6.07) is 9.15. The number of amides is 1. The maximum Gasteiger partial charge on any atom is 0.286 e. The minimum atomic E-state index is -4.36. The number of hydrazine groups is 1. The molecule has 3 unspecified atom stereocenters. The largest absolute Gasteiger partial charge is 0.510 e. The van der Waals surface area contributed by atoms with Crippen LogP contribution < -0.4 is 10.0 Å². The summed E-state index contributed by atoms with van der Waals surface area (Å²) in [4.78, 5) is 13.6. The van der Waals surface area contributed by atoms with E-state index < -0.39 is 37.8 Å². The number of carbonyl (C=O) groups is 1. The number of hydrogen-bond donors (Lipinski definition) is 3. The summed E-state index contributed by atoms with van der Waals surface area (Å²) in [5, 5.41) is 17.5. The summed E-state index contributed by atoms with van der Waals surface area (Å²) in [5.41, 5.74) is 0.551. The van der Waals surface area contributed by atoms with E-state index >= 15 is 0 Å². The molecule has 1 aliphatic carbocycles. The molecule has 6 rings (SSSR count). The van der Waals surface area contributed by atoms with Gasteiger partial charge < -0.3 is 10.4 Å². The molecule has 4 aliphatic rings. The van der Waals surface area contributed by atoms with Gasteiger partial charge >= 0.3 is 0 Å². The number of benzene rings is 2. The Morgan fingerprint density at radius 2 is 1.92 bits per heavy atom. The molecule has 38 heavy (non-hydrogen) atoms. The van der Waals surface area contributed by atoms with Gasteiger partial charge in [0.05, 0.1) is 24.5 Å². The maximum atomic E-state index is 13.9. The Balaban J connectivity index is 1.41. The first-order valence-electron chi connectivity index (χ1n) is 11.9. The number of hydrogen-bond acceptors (Lipinski definition) is 8. The lowest BCUT2D eigenvalue weighted by atomic mass is 9.92. The highest BCUT2D eigenvalue weighted by atomic mass is 32.2. The number of amidine groups is 1. The molecular weight excluding hydrogens is 537 g/mol. The van der Waals surface area contributed by atoms with Crippen molar-refractivity contribution in [2.45, 2.75) is 42.8 Å². The molecule has 3 N–H and O–H groups in total. The molecule has 3 heterocycles. The number of rotatable bonds is 5. The molecular formula is C24H24FN5O6S2. The van der Waals surface area contributed by atoms with E-state index in [4.69, 9.17) is 0 Å². The van der Waals surface area contributed by atoms with Gasteiger partial charge in [-0.15, -0.1) is 4.40 Å². The lowest BCUT2D eigenvalue weighted by molar-refractivity contribution is -0.160. The summed E-state index contributed by atoms with van der Waals surface area (Å²) in [6.45, 7) is 0.104. The highest BCUT2D eigenvalue weighted by Crippen LogP contribution is 2.48. The minimum Gasteiger partial charge on any atom is -0.510 e. The molecule has 2 aromatic rings. The normalized spacial score (nSPS) is 26.1. The predicted octanol–water partition coefficient (Wildman–Crippen LogP) is 2.33. The van der Waals surface area contributed by atoms with Crippen LogP contribution in [-0.4, -0.2) is 62.0 Å². The van der Waals surface area contributed by atoms with Crippen LogP contribution >= 0.6 is 0 Å². The maximum absolute atomic E-state index is 13.9. The second kappa shape index (κ2) is 8.51. The van der Waals surface area contributed by atoms with E-state index in [0.29, 0.717) is 5.56 Å². The van der Waals surface area contributed by atoms with Crippen LogP contribution in [0.15, 0.2) is 63.1 Å². The summed E-state index contributed by atoms with van der Waals surface area (Å²) in [7, 11) is -8.01. The van der Waals surface area contributed by atoms with Crippen molar-refractivity contribution >= 4 is 43.2 Å². The predicted molar refractivity (Wildman–Crippen MR) is 137 cm³/mol. The van der Waals surface area contributed by atoms with Crippen LogP contribution in [0.25, 0.3) is 0 Å². The summed E-state index contributed by atoms with van der Waals surface area (Å²) in [6.07, 6.45) is 3.45. The van der Waals surface area contributed by atoms with Crippen molar-refractivity contribution in [1.29, 1.82) is 0 Å². The van der Waals surface area contributed by atoms with Crippen molar-refractivity contribution in [3.8, 4) is 0 Å². The van der Waals surface area contributed by atoms with E-state index in [0.717, 1.165) is 31.6 Å². The smallest absolute Gasteiger partial charge is 0.286 e. The Hall–Kier alpha value is -3.49. The van der Waals surface area contributed by atoms with E-state index in [1.54, 1.807) is 12.1 Å². The van der Waals surface area contributed by atoms with Gasteiger partial charge in [-0.2, -0.15) is 8.42 Å². The first-order valence-corrected chi connectivity index (χ1v) is 15.3. The van der Waals surface area contributed by atoms with Crippen LogP contribution in [0, 0.1) is 11.7 Å². The Kier molecular flexibility index (Phi) is 5.56. The van der Waals surface area contributed by atoms with Gasteiger partial charge in [-0.3, -0.25) is 14.5 Å². The number of nitrogens with one attached hydrogen (secondary N) is 2. The Morgan fingerprint density at radius 3 is 2.63 bits per heavy atom. The van der Waals surface area contributed by atoms with Gasteiger partial charge in [-0.1, -0.05) is 12.1 Å². The molecule has 3 aliphatic heterocycles.